The summed E-state index contributed by atoms with van der Waals surface area (Å²) in [4.78, 5) is 0. The van der Waals surface area contributed by atoms with E-state index in [9.17, 15) is 4.39 Å². The van der Waals surface area contributed by atoms with Crippen LogP contribution in [0.3, 0.4) is 0 Å². The fraction of sp³-hybridized carbons (Fsp3) is 0.143. The molecule has 0 heterocycles. The highest BCUT2D eigenvalue weighted by Gasteiger charge is 2.09. The van der Waals surface area contributed by atoms with Gasteiger partial charge in [0.05, 0.1) is 15.6 Å². The third-order valence-corrected chi connectivity index (χ3v) is 4.18. The number of ether oxygens (including phenoxy) is 1. The first-order chi connectivity index (χ1) is 9.49. The summed E-state index contributed by atoms with van der Waals surface area (Å²) in [6.45, 7) is 0.195. The molecule has 0 saturated heterocycles. The first kappa shape index (κ1) is 15.9. The number of rotatable bonds is 4. The molecule has 0 bridgehead atoms. The highest BCUT2D eigenvalue weighted by atomic mass is 79.9. The maximum atomic E-state index is 13.3. The van der Waals surface area contributed by atoms with Crippen LogP contribution in [0.5, 0.6) is 5.75 Å². The second-order valence-electron chi connectivity index (χ2n) is 4.11. The Morgan fingerprint density at radius 3 is 2.15 bits per heavy atom. The fourth-order valence-corrected chi connectivity index (χ4v) is 3.71. The Morgan fingerprint density at radius 2 is 1.60 bits per heavy atom. The number of hydrogen-bond acceptors (Lipinski definition) is 2. The van der Waals surface area contributed by atoms with Crippen LogP contribution in [0, 0.1) is 5.82 Å². The maximum Gasteiger partial charge on any atom is 0.148 e. The summed E-state index contributed by atoms with van der Waals surface area (Å²) in [7, 11) is 0. The molecule has 0 atom stereocenters. The summed E-state index contributed by atoms with van der Waals surface area (Å²) in [6.07, 6.45) is 0. The standard InChI is InChI=1S/C14H10Br3FO2/c15-10-1-9(2-11(18)5-10)7-20-14-12(16)3-8(6-19)4-13(14)17/h1-5,19H,6-7H2. The Morgan fingerprint density at radius 1 is 0.950 bits per heavy atom. The van der Waals surface area contributed by atoms with E-state index >= 15 is 0 Å². The van der Waals surface area contributed by atoms with Gasteiger partial charge in [-0.15, -0.1) is 0 Å². The zero-order chi connectivity index (χ0) is 14.7. The van der Waals surface area contributed by atoms with Crippen LogP contribution in [-0.4, -0.2) is 5.11 Å². The number of benzene rings is 2. The molecule has 0 fully saturated rings. The minimum atomic E-state index is -0.313. The SMILES string of the molecule is OCc1cc(Br)c(OCc2cc(F)cc(Br)c2)c(Br)c1. The van der Waals surface area contributed by atoms with Crippen LogP contribution < -0.4 is 4.74 Å². The fourth-order valence-electron chi connectivity index (χ4n) is 1.69. The summed E-state index contributed by atoms with van der Waals surface area (Å²) in [5, 5.41) is 9.12. The van der Waals surface area contributed by atoms with E-state index < -0.39 is 0 Å². The predicted octanol–water partition coefficient (Wildman–Crippen LogP) is 5.18. The van der Waals surface area contributed by atoms with Crippen molar-refractivity contribution in [3.63, 3.8) is 0 Å². The summed E-state index contributed by atoms with van der Waals surface area (Å²) in [6, 6.07) is 8.18. The lowest BCUT2D eigenvalue weighted by molar-refractivity contribution is 0.280. The van der Waals surface area contributed by atoms with Crippen LogP contribution in [0.15, 0.2) is 43.7 Å². The van der Waals surface area contributed by atoms with Crippen molar-refractivity contribution in [2.24, 2.45) is 0 Å². The van der Waals surface area contributed by atoms with Crippen LogP contribution in [0.1, 0.15) is 11.1 Å². The predicted molar refractivity (Wildman–Crippen MR) is 86.2 cm³/mol. The molecular formula is C14H10Br3FO2. The lowest BCUT2D eigenvalue weighted by atomic mass is 10.2. The van der Waals surface area contributed by atoms with Gasteiger partial charge >= 0.3 is 0 Å². The Hall–Kier alpha value is -0.430. The summed E-state index contributed by atoms with van der Waals surface area (Å²) < 4.78 is 21.1. The molecule has 2 aromatic rings. The molecule has 0 unspecified atom stereocenters. The normalized spacial score (nSPS) is 10.7. The quantitative estimate of drug-likeness (QED) is 0.669. The average molecular weight is 469 g/mol. The summed E-state index contributed by atoms with van der Waals surface area (Å²) in [5.41, 5.74) is 1.49. The van der Waals surface area contributed by atoms with Crippen molar-refractivity contribution in [3.05, 3.63) is 60.7 Å². The number of halogens is 4. The van der Waals surface area contributed by atoms with Crippen LogP contribution in [0.4, 0.5) is 4.39 Å². The van der Waals surface area contributed by atoms with Gasteiger partial charge in [-0.3, -0.25) is 0 Å². The van der Waals surface area contributed by atoms with Gasteiger partial charge in [-0.2, -0.15) is 0 Å². The van der Waals surface area contributed by atoms with Crippen LogP contribution in [-0.2, 0) is 13.2 Å². The van der Waals surface area contributed by atoms with Gasteiger partial charge in [-0.05, 0) is 73.3 Å². The van der Waals surface area contributed by atoms with Gasteiger partial charge in [-0.1, -0.05) is 15.9 Å². The molecule has 0 radical (unpaired) electrons. The average Bonchev–Trinajstić information content (AvgIpc) is 2.36. The highest BCUT2D eigenvalue weighted by molar-refractivity contribution is 9.11. The van der Waals surface area contributed by atoms with Gasteiger partial charge in [0.1, 0.15) is 18.2 Å². The molecule has 0 saturated carbocycles. The van der Waals surface area contributed by atoms with Crippen molar-refractivity contribution >= 4 is 47.8 Å². The molecule has 0 aromatic heterocycles. The van der Waals surface area contributed by atoms with E-state index in [1.807, 2.05) is 0 Å². The van der Waals surface area contributed by atoms with E-state index in [2.05, 4.69) is 47.8 Å². The van der Waals surface area contributed by atoms with Gasteiger partial charge in [0.15, 0.2) is 0 Å². The lowest BCUT2D eigenvalue weighted by Crippen LogP contribution is -1.98. The summed E-state index contributed by atoms with van der Waals surface area (Å²) in [5.74, 6) is 0.300. The molecule has 0 aliphatic carbocycles. The monoisotopic (exact) mass is 466 g/mol. The summed E-state index contributed by atoms with van der Waals surface area (Å²) >= 11 is 10.0. The van der Waals surface area contributed by atoms with Crippen molar-refractivity contribution < 1.29 is 14.2 Å². The molecule has 0 aliphatic heterocycles. The zero-order valence-electron chi connectivity index (χ0n) is 10.2. The molecule has 106 valence electrons. The Bertz CT molecular complexity index is 589. The van der Waals surface area contributed by atoms with Crippen LogP contribution >= 0.6 is 47.8 Å². The van der Waals surface area contributed by atoms with Crippen LogP contribution in [0.2, 0.25) is 0 Å². The van der Waals surface area contributed by atoms with Gasteiger partial charge < -0.3 is 9.84 Å². The van der Waals surface area contributed by atoms with E-state index in [0.29, 0.717) is 10.2 Å². The Labute approximate surface area is 141 Å². The Balaban J connectivity index is 2.18. The van der Waals surface area contributed by atoms with E-state index in [0.717, 1.165) is 20.1 Å². The first-order valence-corrected chi connectivity index (χ1v) is 8.04. The first-order valence-electron chi connectivity index (χ1n) is 5.66. The molecule has 20 heavy (non-hydrogen) atoms. The lowest BCUT2D eigenvalue weighted by Gasteiger charge is -2.12. The topological polar surface area (TPSA) is 29.5 Å². The second-order valence-corrected chi connectivity index (χ2v) is 6.74. The molecule has 2 aromatic carbocycles. The molecule has 1 N–H and O–H groups in total. The Kier molecular flexibility index (Phi) is 5.60. The van der Waals surface area contributed by atoms with E-state index in [-0.39, 0.29) is 19.0 Å². The van der Waals surface area contributed by atoms with E-state index in [1.165, 1.54) is 12.1 Å². The third-order valence-electron chi connectivity index (χ3n) is 2.55. The molecule has 0 amide bonds. The van der Waals surface area contributed by atoms with E-state index in [1.54, 1.807) is 18.2 Å². The highest BCUT2D eigenvalue weighted by Crippen LogP contribution is 2.35. The number of aliphatic hydroxyl groups is 1. The van der Waals surface area contributed by atoms with Gasteiger partial charge in [0.25, 0.3) is 0 Å². The van der Waals surface area contributed by atoms with Crippen molar-refractivity contribution in [1.29, 1.82) is 0 Å². The van der Waals surface area contributed by atoms with Crippen molar-refractivity contribution in [3.8, 4) is 5.75 Å². The molecule has 0 spiro atoms. The second kappa shape index (κ2) is 7.02. The van der Waals surface area contributed by atoms with Crippen molar-refractivity contribution in [1.82, 2.24) is 0 Å². The van der Waals surface area contributed by atoms with Crippen molar-refractivity contribution in [2.45, 2.75) is 13.2 Å². The van der Waals surface area contributed by atoms with Gasteiger partial charge in [0.2, 0.25) is 0 Å². The largest absolute Gasteiger partial charge is 0.487 e. The third kappa shape index (κ3) is 4.04. The number of aliphatic hydroxyl groups excluding tert-OH is 1. The minimum Gasteiger partial charge on any atom is -0.487 e. The minimum absolute atomic E-state index is 0.0473. The maximum absolute atomic E-state index is 13.3. The van der Waals surface area contributed by atoms with Crippen molar-refractivity contribution in [2.75, 3.05) is 0 Å². The molecule has 2 nitrogen and oxygen atoms in total. The van der Waals surface area contributed by atoms with Gasteiger partial charge in [-0.25, -0.2) is 4.39 Å². The molecule has 2 rings (SSSR count). The van der Waals surface area contributed by atoms with E-state index in [4.69, 9.17) is 9.84 Å². The zero-order valence-corrected chi connectivity index (χ0v) is 14.9. The molecule has 6 heteroatoms. The smallest absolute Gasteiger partial charge is 0.148 e. The van der Waals surface area contributed by atoms with Gasteiger partial charge in [0, 0.05) is 4.47 Å². The van der Waals surface area contributed by atoms with Crippen LogP contribution in [0.25, 0.3) is 0 Å². The number of hydrogen-bond donors (Lipinski definition) is 1. The molecule has 0 aliphatic rings. The molecular weight excluding hydrogens is 459 g/mol.